The molecule has 4 nitrogen and oxygen atoms in total. The van der Waals surface area contributed by atoms with Crippen LogP contribution in [0, 0.1) is 0 Å². The first-order chi connectivity index (χ1) is 12.9. The van der Waals surface area contributed by atoms with Crippen LogP contribution in [0.2, 0.25) is 17.8 Å². The summed E-state index contributed by atoms with van der Waals surface area (Å²) in [6.45, 7) is 26.9. The molecule has 0 spiro atoms. The molecular weight excluding hydrogens is 396 g/mol. The number of rotatable bonds is 12. The van der Waals surface area contributed by atoms with E-state index in [0.29, 0.717) is 13.2 Å². The van der Waals surface area contributed by atoms with Crippen LogP contribution in [0.3, 0.4) is 0 Å². The monoisotopic (exact) mass is 448 g/mol. The van der Waals surface area contributed by atoms with Crippen LogP contribution in [0.5, 0.6) is 0 Å². The molecule has 0 bridgehead atoms. The summed E-state index contributed by atoms with van der Waals surface area (Å²) in [5.74, 6) is 0. The van der Waals surface area contributed by atoms with Crippen molar-refractivity contribution in [3.05, 3.63) is 0 Å². The summed E-state index contributed by atoms with van der Waals surface area (Å²) in [7, 11) is -0.270. The maximum absolute atomic E-state index is 6.28. The molecule has 0 aliphatic carbocycles. The summed E-state index contributed by atoms with van der Waals surface area (Å²) < 4.78 is 24.6. The largest absolute Gasteiger partial charge is 0.373 e. The minimum absolute atomic E-state index is 0.111. The molecule has 0 fully saturated rings. The molecule has 0 heterocycles. The molecule has 0 saturated carbocycles. The summed E-state index contributed by atoms with van der Waals surface area (Å²) in [6, 6.07) is 2.40. The van der Waals surface area contributed by atoms with Gasteiger partial charge in [-0.25, -0.2) is 0 Å². The van der Waals surface area contributed by atoms with Crippen molar-refractivity contribution in [3.8, 4) is 0 Å². The van der Waals surface area contributed by atoms with Crippen molar-refractivity contribution in [1.82, 2.24) is 0 Å². The van der Waals surface area contributed by atoms with E-state index in [2.05, 4.69) is 83.1 Å². The van der Waals surface area contributed by atoms with Crippen LogP contribution in [-0.4, -0.2) is 66.9 Å². The standard InChI is InChI=1S/C23H52O4Si2/c1-20(2,3)24-13-18(26-22(7,8)9)15-28-17-29-16-19(27-23(10,11)12)14-25-21(4,5)6/h18-19H,13-17,28-29H2,1-12H3. The van der Waals surface area contributed by atoms with E-state index >= 15 is 0 Å². The van der Waals surface area contributed by atoms with Crippen LogP contribution in [0.25, 0.3) is 0 Å². The first kappa shape index (κ1) is 29.3. The molecule has 0 aromatic heterocycles. The van der Waals surface area contributed by atoms with E-state index in [1.165, 1.54) is 17.8 Å². The zero-order valence-corrected chi connectivity index (χ0v) is 24.6. The van der Waals surface area contributed by atoms with Gasteiger partial charge in [0.2, 0.25) is 0 Å². The van der Waals surface area contributed by atoms with Crippen LogP contribution in [0.4, 0.5) is 0 Å². The Bertz CT molecular complexity index is 388. The topological polar surface area (TPSA) is 36.9 Å². The van der Waals surface area contributed by atoms with E-state index < -0.39 is 0 Å². The summed E-state index contributed by atoms with van der Waals surface area (Å²) in [5, 5.41) is 0. The molecule has 0 aliphatic rings. The highest BCUT2D eigenvalue weighted by molar-refractivity contribution is 6.56. The van der Waals surface area contributed by atoms with Gasteiger partial charge in [-0.05, 0) is 95.2 Å². The van der Waals surface area contributed by atoms with E-state index in [9.17, 15) is 0 Å². The SMILES string of the molecule is CC(C)(C)OCC(C[SiH2]C[SiH2]CC(COC(C)(C)C)OC(C)(C)C)OC(C)(C)C. The van der Waals surface area contributed by atoms with E-state index in [-0.39, 0.29) is 53.7 Å². The highest BCUT2D eigenvalue weighted by Crippen LogP contribution is 2.19. The average Bonchev–Trinajstić information content (AvgIpc) is 2.45. The number of hydrogen-bond acceptors (Lipinski definition) is 4. The molecule has 0 N–H and O–H groups in total. The Balaban J connectivity index is 4.45. The molecule has 2 atom stereocenters. The van der Waals surface area contributed by atoms with Gasteiger partial charge in [0.1, 0.15) is 0 Å². The Labute approximate surface area is 186 Å². The molecule has 0 aliphatic heterocycles. The fraction of sp³-hybridized carbons (Fsp3) is 1.00. The lowest BCUT2D eigenvalue weighted by atomic mass is 10.2. The molecule has 0 rings (SSSR count). The average molecular weight is 449 g/mol. The fourth-order valence-corrected chi connectivity index (χ4v) is 8.16. The third-order valence-electron chi connectivity index (χ3n) is 4.00. The molecule has 6 heteroatoms. The summed E-state index contributed by atoms with van der Waals surface area (Å²) in [5.41, 5.74) is 0.987. The zero-order chi connectivity index (χ0) is 22.9. The summed E-state index contributed by atoms with van der Waals surface area (Å²) >= 11 is 0. The van der Waals surface area contributed by atoms with E-state index in [1.807, 2.05) is 0 Å². The van der Waals surface area contributed by atoms with Crippen molar-refractivity contribution in [2.24, 2.45) is 0 Å². The highest BCUT2D eigenvalue weighted by Gasteiger charge is 2.23. The molecule has 176 valence electrons. The molecule has 29 heavy (non-hydrogen) atoms. The second kappa shape index (κ2) is 12.3. The van der Waals surface area contributed by atoms with Crippen molar-refractivity contribution >= 4 is 19.0 Å². The van der Waals surface area contributed by atoms with Gasteiger partial charge < -0.3 is 18.9 Å². The van der Waals surface area contributed by atoms with Crippen LogP contribution >= 0.6 is 0 Å². The van der Waals surface area contributed by atoms with Gasteiger partial charge in [0.15, 0.2) is 0 Å². The van der Waals surface area contributed by atoms with Crippen molar-refractivity contribution in [3.63, 3.8) is 0 Å². The predicted molar refractivity (Wildman–Crippen MR) is 132 cm³/mol. The second-order valence-corrected chi connectivity index (χ2v) is 17.6. The summed E-state index contributed by atoms with van der Waals surface area (Å²) in [6.07, 6.45) is 0.446. The van der Waals surface area contributed by atoms with Crippen LogP contribution in [-0.2, 0) is 18.9 Å². The predicted octanol–water partition coefficient (Wildman–Crippen LogP) is 4.53. The van der Waals surface area contributed by atoms with Gasteiger partial charge in [-0.2, -0.15) is 0 Å². The molecular formula is C23H52O4Si2. The van der Waals surface area contributed by atoms with E-state index in [1.54, 1.807) is 0 Å². The Kier molecular flexibility index (Phi) is 12.5. The number of hydrogen-bond donors (Lipinski definition) is 0. The smallest absolute Gasteiger partial charge is 0.0787 e. The maximum atomic E-state index is 6.28. The van der Waals surface area contributed by atoms with Gasteiger partial charge in [-0.15, -0.1) is 0 Å². The Morgan fingerprint density at radius 1 is 0.517 bits per heavy atom. The van der Waals surface area contributed by atoms with Gasteiger partial charge >= 0.3 is 0 Å². The molecule has 0 radical (unpaired) electrons. The first-order valence-electron chi connectivity index (χ1n) is 11.5. The highest BCUT2D eigenvalue weighted by atomic mass is 28.3. The van der Waals surface area contributed by atoms with Gasteiger partial charge in [-0.1, -0.05) is 5.67 Å². The van der Waals surface area contributed by atoms with E-state index in [0.717, 1.165) is 0 Å². The zero-order valence-electron chi connectivity index (χ0n) is 21.7. The normalized spacial score (nSPS) is 17.0. The molecule has 0 saturated heterocycles. The van der Waals surface area contributed by atoms with Crippen LogP contribution in [0.1, 0.15) is 83.1 Å². The Hall–Kier alpha value is 0.274. The molecule has 2 unspecified atom stereocenters. The van der Waals surface area contributed by atoms with Gasteiger partial charge in [-0.3, -0.25) is 0 Å². The van der Waals surface area contributed by atoms with Gasteiger partial charge in [0.05, 0.1) is 47.8 Å². The van der Waals surface area contributed by atoms with E-state index in [4.69, 9.17) is 18.9 Å². The minimum atomic E-state index is -0.135. The fourth-order valence-electron chi connectivity index (χ4n) is 2.96. The summed E-state index contributed by atoms with van der Waals surface area (Å²) in [4.78, 5) is 0. The first-order valence-corrected chi connectivity index (χ1v) is 15.5. The van der Waals surface area contributed by atoms with Crippen LogP contribution in [0.15, 0.2) is 0 Å². The lowest BCUT2D eigenvalue weighted by Gasteiger charge is -2.31. The molecule has 0 aromatic carbocycles. The third-order valence-corrected chi connectivity index (χ3v) is 10.1. The van der Waals surface area contributed by atoms with Gasteiger partial charge in [0.25, 0.3) is 0 Å². The third kappa shape index (κ3) is 21.3. The van der Waals surface area contributed by atoms with Crippen molar-refractivity contribution in [2.75, 3.05) is 13.2 Å². The van der Waals surface area contributed by atoms with Crippen molar-refractivity contribution in [2.45, 2.75) is 135 Å². The number of ether oxygens (including phenoxy) is 4. The lowest BCUT2D eigenvalue weighted by molar-refractivity contribution is -0.112. The van der Waals surface area contributed by atoms with Gasteiger partial charge in [0, 0.05) is 19.0 Å². The lowest BCUT2D eigenvalue weighted by Crippen LogP contribution is -2.35. The van der Waals surface area contributed by atoms with Crippen molar-refractivity contribution in [1.29, 1.82) is 0 Å². The second-order valence-electron chi connectivity index (χ2n) is 12.2. The molecule has 0 amide bonds. The quantitative estimate of drug-likeness (QED) is 0.324. The van der Waals surface area contributed by atoms with Crippen LogP contribution < -0.4 is 0 Å². The Morgan fingerprint density at radius 3 is 1.07 bits per heavy atom. The molecule has 0 aromatic rings. The Morgan fingerprint density at radius 2 is 0.828 bits per heavy atom. The van der Waals surface area contributed by atoms with Crippen molar-refractivity contribution < 1.29 is 18.9 Å². The maximum Gasteiger partial charge on any atom is 0.0787 e. The minimum Gasteiger partial charge on any atom is -0.373 e.